The van der Waals surface area contributed by atoms with Gasteiger partial charge in [0.05, 0.1) is 0 Å². The van der Waals surface area contributed by atoms with Crippen molar-refractivity contribution in [3.63, 3.8) is 0 Å². The molecular weight excluding hydrogens is 383 g/mol. The van der Waals surface area contributed by atoms with Crippen LogP contribution >= 0.6 is 34.5 Å². The summed E-state index contributed by atoms with van der Waals surface area (Å²) in [4.78, 5) is 0.665. The lowest BCUT2D eigenvalue weighted by molar-refractivity contribution is 0.823. The molecule has 0 aliphatic heterocycles. The Morgan fingerprint density at radius 1 is 0.920 bits per heavy atom. The van der Waals surface area contributed by atoms with Gasteiger partial charge in [0.1, 0.15) is 5.01 Å². The molecule has 0 fully saturated rings. The first-order valence-electron chi connectivity index (χ1n) is 7.04. The van der Waals surface area contributed by atoms with Gasteiger partial charge in [-0.3, -0.25) is 0 Å². The fourth-order valence-electron chi connectivity index (χ4n) is 2.46. The second kappa shape index (κ2) is 5.45. The highest BCUT2D eigenvalue weighted by molar-refractivity contribution is 7.19. The molecule has 0 saturated heterocycles. The molecule has 122 valence electrons. The van der Waals surface area contributed by atoms with Crippen molar-refractivity contribution in [1.29, 1.82) is 0 Å². The first-order valence-corrected chi connectivity index (χ1v) is 8.61. The number of hydrogen-bond donors (Lipinski definition) is 0. The first kappa shape index (κ1) is 14.7. The fraction of sp³-hybridized carbons (Fsp3) is 0. The minimum absolute atomic E-state index is 0.527. The summed E-state index contributed by atoms with van der Waals surface area (Å²) in [6, 6.07) is 8.95. The van der Waals surface area contributed by atoms with Gasteiger partial charge in [-0.15, -0.1) is 15.3 Å². The maximum absolute atomic E-state index is 6.08. The van der Waals surface area contributed by atoms with Crippen LogP contribution in [0, 0.1) is 0 Å². The molecule has 0 aliphatic carbocycles. The van der Waals surface area contributed by atoms with Crippen LogP contribution in [0.25, 0.3) is 32.6 Å². The van der Waals surface area contributed by atoms with E-state index in [2.05, 4.69) is 30.8 Å². The minimum Gasteiger partial charge on any atom is -0.200 e. The molecule has 0 radical (unpaired) electrons. The first-order chi connectivity index (χ1) is 12.2. The molecule has 0 amide bonds. The van der Waals surface area contributed by atoms with Gasteiger partial charge in [0, 0.05) is 27.4 Å². The molecule has 0 atom stereocenters. The second-order valence-corrected chi connectivity index (χ2v) is 7.01. The number of tetrazole rings is 1. The van der Waals surface area contributed by atoms with Gasteiger partial charge in [-0.05, 0) is 40.8 Å². The van der Waals surface area contributed by atoms with E-state index in [1.165, 1.54) is 11.3 Å². The van der Waals surface area contributed by atoms with Crippen molar-refractivity contribution in [2.24, 2.45) is 0 Å². The number of aromatic nitrogens is 8. The lowest BCUT2D eigenvalue weighted by atomic mass is 10.2. The predicted molar refractivity (Wildman–Crippen MR) is 93.9 cm³/mol. The number of hydrogen-bond acceptors (Lipinski definition) is 7. The highest BCUT2D eigenvalue weighted by Gasteiger charge is 2.16. The summed E-state index contributed by atoms with van der Waals surface area (Å²) in [5.74, 6) is 0.574. The molecule has 0 aliphatic rings. The van der Waals surface area contributed by atoms with Gasteiger partial charge in [0.25, 0.3) is 0 Å². The molecule has 0 saturated carbocycles. The van der Waals surface area contributed by atoms with Crippen molar-refractivity contribution >= 4 is 45.1 Å². The van der Waals surface area contributed by atoms with Gasteiger partial charge < -0.3 is 0 Å². The molecule has 0 N–H and O–H groups in total. The zero-order valence-electron chi connectivity index (χ0n) is 12.2. The number of fused-ring (bicyclic) bond motifs is 2. The molecular formula is C14H6Cl2N8S. The average molecular weight is 389 g/mol. The molecule has 5 rings (SSSR count). The number of rotatable bonds is 2. The predicted octanol–water partition coefficient (Wildman–Crippen LogP) is 3.26. The summed E-state index contributed by atoms with van der Waals surface area (Å²) in [6.45, 7) is 0. The molecule has 25 heavy (non-hydrogen) atoms. The maximum atomic E-state index is 6.08. The zero-order chi connectivity index (χ0) is 17.0. The topological polar surface area (TPSA) is 86.2 Å². The Balaban J connectivity index is 1.66. The summed E-state index contributed by atoms with van der Waals surface area (Å²) in [5, 5.41) is 26.2. The standard InChI is InChI=1S/C14H6Cl2N8S/c15-9-3-8(4-10(16)5-9)12-18-19-14-24(12)20-13(25-14)7-1-2-11-17-21-22-23(11)6-7/h1-6H. The van der Waals surface area contributed by atoms with Crippen LogP contribution in [0.5, 0.6) is 0 Å². The van der Waals surface area contributed by atoms with Gasteiger partial charge in [-0.2, -0.15) is 14.1 Å². The Morgan fingerprint density at radius 2 is 1.76 bits per heavy atom. The number of benzene rings is 1. The quantitative estimate of drug-likeness (QED) is 0.461. The summed E-state index contributed by atoms with van der Waals surface area (Å²) < 4.78 is 3.27. The lowest BCUT2D eigenvalue weighted by Gasteiger charge is -2.00. The third-order valence-electron chi connectivity index (χ3n) is 3.55. The number of pyridine rings is 1. The maximum Gasteiger partial charge on any atom is 0.235 e. The molecule has 0 bridgehead atoms. The highest BCUT2D eigenvalue weighted by Crippen LogP contribution is 2.30. The van der Waals surface area contributed by atoms with E-state index in [1.807, 2.05) is 18.3 Å². The van der Waals surface area contributed by atoms with Gasteiger partial charge >= 0.3 is 0 Å². The van der Waals surface area contributed by atoms with Crippen molar-refractivity contribution in [1.82, 2.24) is 39.9 Å². The van der Waals surface area contributed by atoms with E-state index in [0.29, 0.717) is 26.5 Å². The largest absolute Gasteiger partial charge is 0.235 e. The van der Waals surface area contributed by atoms with Crippen LogP contribution in [-0.4, -0.2) is 39.9 Å². The normalized spacial score (nSPS) is 11.6. The molecule has 0 unspecified atom stereocenters. The SMILES string of the molecule is Clc1cc(Cl)cc(-c2nnc3sc(-c4ccc5nnnn5c4)nn23)c1. The summed E-state index contributed by atoms with van der Waals surface area (Å²) in [5.41, 5.74) is 2.30. The number of halogens is 2. The van der Waals surface area contributed by atoms with Crippen LogP contribution in [0.4, 0.5) is 0 Å². The van der Waals surface area contributed by atoms with Crippen LogP contribution in [0.1, 0.15) is 0 Å². The smallest absolute Gasteiger partial charge is 0.200 e. The van der Waals surface area contributed by atoms with Crippen molar-refractivity contribution in [2.75, 3.05) is 0 Å². The van der Waals surface area contributed by atoms with E-state index >= 15 is 0 Å². The van der Waals surface area contributed by atoms with Gasteiger partial charge in [0.2, 0.25) is 4.96 Å². The highest BCUT2D eigenvalue weighted by atomic mass is 35.5. The second-order valence-electron chi connectivity index (χ2n) is 5.18. The van der Waals surface area contributed by atoms with Crippen molar-refractivity contribution in [3.8, 4) is 22.0 Å². The van der Waals surface area contributed by atoms with Crippen LogP contribution in [-0.2, 0) is 0 Å². The van der Waals surface area contributed by atoms with Crippen molar-refractivity contribution in [2.45, 2.75) is 0 Å². The molecule has 4 heterocycles. The van der Waals surface area contributed by atoms with E-state index in [1.54, 1.807) is 27.2 Å². The van der Waals surface area contributed by atoms with Crippen LogP contribution in [0.15, 0.2) is 36.5 Å². The van der Waals surface area contributed by atoms with E-state index in [0.717, 1.165) is 16.1 Å². The molecule has 4 aromatic heterocycles. The summed E-state index contributed by atoms with van der Waals surface area (Å²) in [7, 11) is 0. The molecule has 5 aromatic rings. The van der Waals surface area contributed by atoms with Gasteiger partial charge in [-0.25, -0.2) is 0 Å². The summed E-state index contributed by atoms with van der Waals surface area (Å²) in [6.07, 6.45) is 1.82. The van der Waals surface area contributed by atoms with E-state index < -0.39 is 0 Å². The van der Waals surface area contributed by atoms with Crippen molar-refractivity contribution < 1.29 is 0 Å². The molecule has 0 spiro atoms. The average Bonchev–Trinajstić information content (AvgIpc) is 3.28. The van der Waals surface area contributed by atoms with E-state index in [-0.39, 0.29) is 0 Å². The summed E-state index contributed by atoms with van der Waals surface area (Å²) >= 11 is 13.6. The van der Waals surface area contributed by atoms with Gasteiger partial charge in [0.15, 0.2) is 11.5 Å². The minimum atomic E-state index is 0.527. The monoisotopic (exact) mass is 388 g/mol. The Bertz CT molecular complexity index is 1220. The Hall–Kier alpha value is -2.62. The van der Waals surface area contributed by atoms with Crippen molar-refractivity contribution in [3.05, 3.63) is 46.6 Å². The fourth-order valence-corrected chi connectivity index (χ4v) is 3.82. The third-order valence-corrected chi connectivity index (χ3v) is 4.93. The Morgan fingerprint density at radius 3 is 2.60 bits per heavy atom. The van der Waals surface area contributed by atoms with Crippen LogP contribution in [0.2, 0.25) is 10.0 Å². The molecule has 1 aromatic carbocycles. The van der Waals surface area contributed by atoms with Crippen LogP contribution < -0.4 is 0 Å². The van der Waals surface area contributed by atoms with E-state index in [4.69, 9.17) is 23.2 Å². The van der Waals surface area contributed by atoms with E-state index in [9.17, 15) is 0 Å². The number of nitrogens with zero attached hydrogens (tertiary/aromatic N) is 8. The Labute approximate surface area is 153 Å². The van der Waals surface area contributed by atoms with Crippen LogP contribution in [0.3, 0.4) is 0 Å². The third kappa shape index (κ3) is 2.44. The van der Waals surface area contributed by atoms with Gasteiger partial charge in [-0.1, -0.05) is 34.5 Å². The lowest BCUT2D eigenvalue weighted by Crippen LogP contribution is -1.92. The molecule has 11 heteroatoms. The molecule has 8 nitrogen and oxygen atoms in total. The zero-order valence-corrected chi connectivity index (χ0v) is 14.5. The Kier molecular flexibility index (Phi) is 3.20.